The van der Waals surface area contributed by atoms with Gasteiger partial charge in [-0.1, -0.05) is 0 Å². The van der Waals surface area contributed by atoms with E-state index >= 15 is 0 Å². The van der Waals surface area contributed by atoms with Crippen LogP contribution in [0.5, 0.6) is 0 Å². The molecule has 0 radical (unpaired) electrons. The Morgan fingerprint density at radius 3 is 0.636 bits per heavy atom. The lowest BCUT2D eigenvalue weighted by Gasteiger charge is -2.34. The van der Waals surface area contributed by atoms with E-state index in [1.807, 2.05) is 0 Å². The van der Waals surface area contributed by atoms with Gasteiger partial charge in [0.1, 0.15) is 7.40 Å². The van der Waals surface area contributed by atoms with Crippen LogP contribution in [0.2, 0.25) is 0 Å². The van der Waals surface area contributed by atoms with Gasteiger partial charge in [0.2, 0.25) is 0 Å². The lowest BCUT2D eigenvalue weighted by Crippen LogP contribution is -2.47. The molecule has 0 rings (SSSR count). The van der Waals surface area contributed by atoms with Crippen molar-refractivity contribution >= 4 is 7.40 Å². The van der Waals surface area contributed by atoms with Gasteiger partial charge in [0.05, 0.1) is 52.4 Å². The molecule has 0 aliphatic carbocycles. The highest BCUT2D eigenvalue weighted by atomic mass is 19.1. The Balaban J connectivity index is -0.000000266. The lowest BCUT2D eigenvalue weighted by molar-refractivity contribution is -0.921. The van der Waals surface area contributed by atoms with Gasteiger partial charge in [-0.05, 0) is 55.4 Å². The van der Waals surface area contributed by atoms with Gasteiger partial charge in [-0.3, -0.25) is 0 Å². The molecule has 0 heterocycles. The van der Waals surface area contributed by atoms with E-state index in [-0.39, 0.29) is 0 Å². The van der Waals surface area contributed by atoms with Crippen LogP contribution in [0.15, 0.2) is 0 Å². The SMILES string of the molecule is CC[N+](CC)(CC)CC.CC[N+](CC)(CC)CC.[O-]B([O-])F. The molecule has 0 saturated carbocycles. The minimum atomic E-state index is -3.17. The number of rotatable bonds is 8. The second-order valence-corrected chi connectivity index (χ2v) is 5.49. The van der Waals surface area contributed by atoms with E-state index in [1.54, 1.807) is 0 Å². The predicted molar refractivity (Wildman–Crippen MR) is 91.7 cm³/mol. The Kier molecular flexibility index (Phi) is 19.1. The van der Waals surface area contributed by atoms with E-state index in [0.29, 0.717) is 0 Å². The molecule has 0 aromatic carbocycles. The van der Waals surface area contributed by atoms with E-state index in [4.69, 9.17) is 10.0 Å². The van der Waals surface area contributed by atoms with Gasteiger partial charge in [-0.15, -0.1) is 0 Å². The van der Waals surface area contributed by atoms with Gasteiger partial charge in [-0.25, -0.2) is 0 Å². The molecule has 0 fully saturated rings. The number of hydrogen-bond acceptors (Lipinski definition) is 2. The summed E-state index contributed by atoms with van der Waals surface area (Å²) < 4.78 is 12.4. The van der Waals surface area contributed by atoms with Gasteiger partial charge in [0.25, 0.3) is 0 Å². The first-order chi connectivity index (χ1) is 10.2. The topological polar surface area (TPSA) is 46.1 Å². The van der Waals surface area contributed by atoms with Crippen molar-refractivity contribution in [2.45, 2.75) is 55.4 Å². The molecule has 0 N–H and O–H groups in total. The number of hydrogen-bond donors (Lipinski definition) is 0. The third-order valence-electron chi connectivity index (χ3n) is 5.37. The van der Waals surface area contributed by atoms with E-state index in [0.717, 1.165) is 0 Å². The van der Waals surface area contributed by atoms with E-state index in [2.05, 4.69) is 55.4 Å². The van der Waals surface area contributed by atoms with Crippen LogP contribution >= 0.6 is 0 Å². The Morgan fingerprint density at radius 1 is 0.545 bits per heavy atom. The minimum absolute atomic E-state index is 1.28. The smallest absolute Gasteiger partial charge is 0.121 e. The zero-order valence-corrected chi connectivity index (χ0v) is 16.3. The van der Waals surface area contributed by atoms with Crippen molar-refractivity contribution in [2.75, 3.05) is 52.4 Å². The van der Waals surface area contributed by atoms with Crippen molar-refractivity contribution in [1.82, 2.24) is 0 Å². The zero-order valence-electron chi connectivity index (χ0n) is 16.3. The van der Waals surface area contributed by atoms with E-state index < -0.39 is 7.40 Å². The highest BCUT2D eigenvalue weighted by molar-refractivity contribution is 6.27. The predicted octanol–water partition coefficient (Wildman–Crippen LogP) is 1.43. The Hall–Kier alpha value is -0.165. The summed E-state index contributed by atoms with van der Waals surface area (Å²) in [7, 11) is -3.17. The second kappa shape index (κ2) is 15.7. The summed E-state index contributed by atoms with van der Waals surface area (Å²) in [6, 6.07) is 0. The van der Waals surface area contributed by atoms with Crippen LogP contribution in [0.1, 0.15) is 55.4 Å². The highest BCUT2D eigenvalue weighted by Crippen LogP contribution is 2.03. The molecule has 0 atom stereocenters. The van der Waals surface area contributed by atoms with Crippen LogP contribution in [-0.4, -0.2) is 68.7 Å². The van der Waals surface area contributed by atoms with E-state index in [9.17, 15) is 4.32 Å². The van der Waals surface area contributed by atoms with Crippen molar-refractivity contribution in [3.05, 3.63) is 0 Å². The molecule has 0 aliphatic heterocycles. The molecule has 0 amide bonds. The molecule has 0 bridgehead atoms. The molecule has 6 heteroatoms. The van der Waals surface area contributed by atoms with Crippen molar-refractivity contribution in [3.63, 3.8) is 0 Å². The van der Waals surface area contributed by atoms with Gasteiger partial charge in [-0.2, -0.15) is 0 Å². The maximum atomic E-state index is 9.89. The fourth-order valence-corrected chi connectivity index (χ4v) is 2.68. The van der Waals surface area contributed by atoms with Gasteiger partial charge >= 0.3 is 0 Å². The van der Waals surface area contributed by atoms with Crippen molar-refractivity contribution < 1.29 is 23.3 Å². The molecule has 4 nitrogen and oxygen atoms in total. The second-order valence-electron chi connectivity index (χ2n) is 5.49. The van der Waals surface area contributed by atoms with Gasteiger partial charge in [0, 0.05) is 0 Å². The summed E-state index contributed by atoms with van der Waals surface area (Å²) in [6.45, 7) is 28.4. The van der Waals surface area contributed by atoms with Crippen molar-refractivity contribution in [3.8, 4) is 0 Å². The Morgan fingerprint density at radius 2 is 0.636 bits per heavy atom. The molecule has 0 unspecified atom stereocenters. The minimum Gasteiger partial charge on any atom is -0.867 e. The molecular formula is C16H40BFN2O2. The zero-order chi connectivity index (χ0) is 18.2. The molecule has 22 heavy (non-hydrogen) atoms. The Bertz CT molecular complexity index is 166. The summed E-state index contributed by atoms with van der Waals surface area (Å²) >= 11 is 0. The average molecular weight is 322 g/mol. The van der Waals surface area contributed by atoms with Gasteiger partial charge < -0.3 is 23.3 Å². The van der Waals surface area contributed by atoms with Crippen LogP contribution in [0.4, 0.5) is 4.32 Å². The first-order valence-corrected chi connectivity index (χ1v) is 8.88. The van der Waals surface area contributed by atoms with Crippen LogP contribution in [0.3, 0.4) is 0 Å². The maximum absolute atomic E-state index is 9.89. The van der Waals surface area contributed by atoms with Crippen LogP contribution < -0.4 is 10.0 Å². The first kappa shape index (κ1) is 26.7. The summed E-state index contributed by atoms with van der Waals surface area (Å²) in [5, 5.41) is 16.6. The molecule has 0 aromatic rings. The molecule has 0 aliphatic rings. The Labute approximate surface area is 139 Å². The third kappa shape index (κ3) is 12.4. The summed E-state index contributed by atoms with van der Waals surface area (Å²) in [4.78, 5) is 0. The average Bonchev–Trinajstić information content (AvgIpc) is 2.53. The van der Waals surface area contributed by atoms with Crippen LogP contribution in [0.25, 0.3) is 0 Å². The fourth-order valence-electron chi connectivity index (χ4n) is 2.68. The fraction of sp³-hybridized carbons (Fsp3) is 1.00. The monoisotopic (exact) mass is 322 g/mol. The van der Waals surface area contributed by atoms with Crippen LogP contribution in [0, 0.1) is 0 Å². The van der Waals surface area contributed by atoms with Crippen molar-refractivity contribution in [2.24, 2.45) is 0 Å². The summed E-state index contributed by atoms with van der Waals surface area (Å²) in [5.41, 5.74) is 0. The largest absolute Gasteiger partial charge is 0.867 e. The summed E-state index contributed by atoms with van der Waals surface area (Å²) in [5.74, 6) is 0. The first-order valence-electron chi connectivity index (χ1n) is 8.88. The molecule has 0 spiro atoms. The third-order valence-corrected chi connectivity index (χ3v) is 5.37. The van der Waals surface area contributed by atoms with Crippen LogP contribution in [-0.2, 0) is 0 Å². The highest BCUT2D eigenvalue weighted by Gasteiger charge is 2.16. The number of halogens is 1. The van der Waals surface area contributed by atoms with Gasteiger partial charge in [0.15, 0.2) is 0 Å². The summed E-state index contributed by atoms with van der Waals surface area (Å²) in [6.07, 6.45) is 0. The molecular weight excluding hydrogens is 282 g/mol. The van der Waals surface area contributed by atoms with Crippen molar-refractivity contribution in [1.29, 1.82) is 0 Å². The maximum Gasteiger partial charge on any atom is 0.121 e. The molecule has 136 valence electrons. The molecule has 0 saturated heterocycles. The normalized spacial score (nSPS) is 11.0. The molecule has 0 aromatic heterocycles. The standard InChI is InChI=1S/2C8H20N.BFO2/c2*1-5-9(6-2,7-3)8-4;2-1(3)4/h2*5-8H2,1-4H3;/q2*+1;-2. The number of quaternary nitrogens is 2. The quantitative estimate of drug-likeness (QED) is 0.501. The van der Waals surface area contributed by atoms with E-state index in [1.165, 1.54) is 61.3 Å². The lowest BCUT2D eigenvalue weighted by atomic mass is 10.3. The number of nitrogens with zero attached hydrogens (tertiary/aromatic N) is 2.